The molecule has 4 aromatic rings. The molecule has 0 aliphatic rings. The van der Waals surface area contributed by atoms with Crippen LogP contribution in [0.15, 0.2) is 78.9 Å². The Morgan fingerprint density at radius 3 is 2.33 bits per heavy atom. The van der Waals surface area contributed by atoms with E-state index < -0.39 is 0 Å². The molecule has 1 nitrogen and oxygen atoms in total. The van der Waals surface area contributed by atoms with Crippen LogP contribution in [-0.2, 0) is 0 Å². The number of ether oxygens (including phenoxy) is 1. The summed E-state index contributed by atoms with van der Waals surface area (Å²) in [5.74, 6) is 1.60. The fourth-order valence-electron chi connectivity index (χ4n) is 2.56. The van der Waals surface area contributed by atoms with Crippen LogP contribution in [0.4, 0.5) is 0 Å². The summed E-state index contributed by atoms with van der Waals surface area (Å²) >= 11 is 0. The molecule has 0 spiro atoms. The first kappa shape index (κ1) is 12.0. The van der Waals surface area contributed by atoms with Gasteiger partial charge in [-0.25, -0.2) is 0 Å². The molecule has 0 fully saturated rings. The van der Waals surface area contributed by atoms with E-state index in [0.717, 1.165) is 22.3 Å². The van der Waals surface area contributed by atoms with Crippen molar-refractivity contribution in [1.82, 2.24) is 0 Å². The SMILES string of the molecule is [c]1c(Oc2cccc3ccccc23)ccc2ccccc12. The average Bonchev–Trinajstić information content (AvgIpc) is 2.55. The molecule has 0 heterocycles. The van der Waals surface area contributed by atoms with Gasteiger partial charge in [-0.15, -0.1) is 0 Å². The van der Waals surface area contributed by atoms with Crippen molar-refractivity contribution in [3.63, 3.8) is 0 Å². The Hall–Kier alpha value is -2.80. The third-order valence-corrected chi connectivity index (χ3v) is 3.60. The Labute approximate surface area is 123 Å². The molecule has 0 amide bonds. The largest absolute Gasteiger partial charge is 0.456 e. The Morgan fingerprint density at radius 1 is 0.619 bits per heavy atom. The normalized spacial score (nSPS) is 10.9. The zero-order valence-electron chi connectivity index (χ0n) is 11.4. The molecule has 0 aromatic heterocycles. The molecule has 0 N–H and O–H groups in total. The highest BCUT2D eigenvalue weighted by atomic mass is 16.5. The van der Waals surface area contributed by atoms with E-state index in [0.29, 0.717) is 0 Å². The van der Waals surface area contributed by atoms with Crippen LogP contribution in [0, 0.1) is 6.07 Å². The summed E-state index contributed by atoms with van der Waals surface area (Å²) in [6.45, 7) is 0. The number of fused-ring (bicyclic) bond motifs is 2. The molecule has 21 heavy (non-hydrogen) atoms. The van der Waals surface area contributed by atoms with E-state index in [4.69, 9.17) is 4.74 Å². The van der Waals surface area contributed by atoms with Crippen molar-refractivity contribution < 1.29 is 4.74 Å². The molecule has 0 saturated carbocycles. The lowest BCUT2D eigenvalue weighted by molar-refractivity contribution is 0.488. The minimum absolute atomic E-state index is 0.741. The van der Waals surface area contributed by atoms with Gasteiger partial charge in [0.1, 0.15) is 11.5 Å². The summed E-state index contributed by atoms with van der Waals surface area (Å²) < 4.78 is 6.04. The van der Waals surface area contributed by atoms with E-state index in [2.05, 4.69) is 36.4 Å². The summed E-state index contributed by atoms with van der Waals surface area (Å²) in [6, 6.07) is 29.8. The zero-order valence-corrected chi connectivity index (χ0v) is 11.4. The Balaban J connectivity index is 1.79. The first-order valence-electron chi connectivity index (χ1n) is 6.97. The van der Waals surface area contributed by atoms with Gasteiger partial charge >= 0.3 is 0 Å². The maximum Gasteiger partial charge on any atom is 0.136 e. The Kier molecular flexibility index (Phi) is 2.82. The van der Waals surface area contributed by atoms with Gasteiger partial charge in [0.15, 0.2) is 0 Å². The molecule has 0 atom stereocenters. The summed E-state index contributed by atoms with van der Waals surface area (Å²) in [4.78, 5) is 0. The van der Waals surface area contributed by atoms with Crippen LogP contribution in [0.25, 0.3) is 21.5 Å². The van der Waals surface area contributed by atoms with E-state index in [-0.39, 0.29) is 0 Å². The minimum Gasteiger partial charge on any atom is -0.456 e. The quantitative estimate of drug-likeness (QED) is 0.461. The fourth-order valence-corrected chi connectivity index (χ4v) is 2.56. The highest BCUT2D eigenvalue weighted by molar-refractivity contribution is 5.89. The standard InChI is InChI=1S/C20H13O/c1-2-8-17-14-18(13-12-15(17)6-1)21-20-11-5-9-16-7-3-4-10-19(16)20/h1-13H. The van der Waals surface area contributed by atoms with Crippen molar-refractivity contribution in [2.45, 2.75) is 0 Å². The van der Waals surface area contributed by atoms with E-state index in [1.807, 2.05) is 48.5 Å². The molecule has 1 heteroatoms. The molecule has 1 radical (unpaired) electrons. The maximum atomic E-state index is 6.04. The summed E-state index contributed by atoms with van der Waals surface area (Å²) in [7, 11) is 0. The maximum absolute atomic E-state index is 6.04. The molecule has 0 saturated heterocycles. The molecular weight excluding hydrogens is 256 g/mol. The van der Waals surface area contributed by atoms with Gasteiger partial charge in [-0.05, 0) is 28.3 Å². The van der Waals surface area contributed by atoms with E-state index >= 15 is 0 Å². The van der Waals surface area contributed by atoms with Crippen LogP contribution >= 0.6 is 0 Å². The lowest BCUT2D eigenvalue weighted by atomic mass is 10.1. The average molecular weight is 269 g/mol. The van der Waals surface area contributed by atoms with Crippen LogP contribution in [0.2, 0.25) is 0 Å². The second kappa shape index (κ2) is 4.95. The first-order chi connectivity index (χ1) is 10.4. The Morgan fingerprint density at radius 2 is 1.38 bits per heavy atom. The predicted molar refractivity (Wildman–Crippen MR) is 86.8 cm³/mol. The second-order valence-electron chi connectivity index (χ2n) is 4.99. The molecule has 0 bridgehead atoms. The van der Waals surface area contributed by atoms with Gasteiger partial charge in [-0.2, -0.15) is 0 Å². The van der Waals surface area contributed by atoms with E-state index in [1.165, 1.54) is 10.8 Å². The third-order valence-electron chi connectivity index (χ3n) is 3.60. The lowest BCUT2D eigenvalue weighted by Gasteiger charge is -2.09. The summed E-state index contributed by atoms with van der Waals surface area (Å²) in [6.07, 6.45) is 0. The van der Waals surface area contributed by atoms with E-state index in [9.17, 15) is 0 Å². The molecule has 0 unspecified atom stereocenters. The topological polar surface area (TPSA) is 9.23 Å². The van der Waals surface area contributed by atoms with Crippen molar-refractivity contribution in [2.75, 3.05) is 0 Å². The zero-order chi connectivity index (χ0) is 14.1. The van der Waals surface area contributed by atoms with Gasteiger partial charge in [0.2, 0.25) is 0 Å². The van der Waals surface area contributed by atoms with Crippen molar-refractivity contribution in [1.29, 1.82) is 0 Å². The van der Waals surface area contributed by atoms with E-state index in [1.54, 1.807) is 0 Å². The molecule has 0 aliphatic heterocycles. The second-order valence-corrected chi connectivity index (χ2v) is 4.99. The number of benzene rings is 4. The van der Waals surface area contributed by atoms with Crippen LogP contribution in [0.5, 0.6) is 11.5 Å². The monoisotopic (exact) mass is 269 g/mol. The van der Waals surface area contributed by atoms with Crippen molar-refractivity contribution in [2.24, 2.45) is 0 Å². The third kappa shape index (κ3) is 2.23. The van der Waals surface area contributed by atoms with Crippen molar-refractivity contribution in [3.8, 4) is 11.5 Å². The van der Waals surface area contributed by atoms with Gasteiger partial charge in [0, 0.05) is 11.5 Å². The van der Waals surface area contributed by atoms with Crippen LogP contribution < -0.4 is 4.74 Å². The molecule has 4 aromatic carbocycles. The highest BCUT2D eigenvalue weighted by Crippen LogP contribution is 2.30. The molecule has 99 valence electrons. The molecule has 4 rings (SSSR count). The summed E-state index contributed by atoms with van der Waals surface area (Å²) in [5, 5.41) is 4.52. The highest BCUT2D eigenvalue weighted by Gasteiger charge is 2.04. The molecule has 0 aliphatic carbocycles. The number of rotatable bonds is 2. The van der Waals surface area contributed by atoms with Gasteiger partial charge in [0.05, 0.1) is 0 Å². The summed E-state index contributed by atoms with van der Waals surface area (Å²) in [5.41, 5.74) is 0. The van der Waals surface area contributed by atoms with Crippen LogP contribution in [0.3, 0.4) is 0 Å². The van der Waals surface area contributed by atoms with Crippen molar-refractivity contribution in [3.05, 3.63) is 84.9 Å². The molecular formula is C20H13O. The van der Waals surface area contributed by atoms with Crippen molar-refractivity contribution >= 4 is 21.5 Å². The van der Waals surface area contributed by atoms with Crippen LogP contribution in [-0.4, -0.2) is 0 Å². The number of hydrogen-bond donors (Lipinski definition) is 0. The Bertz CT molecular complexity index is 919. The predicted octanol–water partition coefficient (Wildman–Crippen LogP) is 5.59. The number of hydrogen-bond acceptors (Lipinski definition) is 1. The van der Waals surface area contributed by atoms with Gasteiger partial charge in [0.25, 0.3) is 0 Å². The first-order valence-corrected chi connectivity index (χ1v) is 6.97. The van der Waals surface area contributed by atoms with Gasteiger partial charge in [-0.3, -0.25) is 0 Å². The fraction of sp³-hybridized carbons (Fsp3) is 0. The lowest BCUT2D eigenvalue weighted by Crippen LogP contribution is -1.86. The smallest absolute Gasteiger partial charge is 0.136 e. The van der Waals surface area contributed by atoms with Crippen LogP contribution in [0.1, 0.15) is 0 Å². The minimum atomic E-state index is 0.741. The van der Waals surface area contributed by atoms with Gasteiger partial charge < -0.3 is 4.74 Å². The van der Waals surface area contributed by atoms with Gasteiger partial charge in [-0.1, -0.05) is 66.7 Å².